The van der Waals surface area contributed by atoms with Gasteiger partial charge in [-0.15, -0.1) is 0 Å². The molecule has 202 valence electrons. The van der Waals surface area contributed by atoms with Crippen molar-refractivity contribution < 1.29 is 14.3 Å². The number of aryl methyl sites for hydroxylation is 1. The number of carbonyl (C=O) groups is 1. The van der Waals surface area contributed by atoms with Gasteiger partial charge >= 0.3 is 5.97 Å². The minimum Gasteiger partial charge on any atom is -0.478 e. The molecular weight excluding hydrogens is 501 g/mol. The summed E-state index contributed by atoms with van der Waals surface area (Å²) in [5.74, 6) is -0.740. The first-order valence-electron chi connectivity index (χ1n) is 14.4. The second kappa shape index (κ2) is 10.1. The fourth-order valence-corrected chi connectivity index (χ4v) is 6.86. The van der Waals surface area contributed by atoms with E-state index < -0.39 is 5.97 Å². The van der Waals surface area contributed by atoms with E-state index in [1.807, 2.05) is 30.3 Å². The zero-order valence-corrected chi connectivity index (χ0v) is 22.4. The van der Waals surface area contributed by atoms with Crippen molar-refractivity contribution >= 4 is 33.5 Å². The Hall–Kier alpha value is -4.19. The third-order valence-electron chi connectivity index (χ3n) is 8.75. The van der Waals surface area contributed by atoms with Crippen LogP contribution in [-0.4, -0.2) is 27.2 Å². The number of hydrogen-bond acceptors (Lipinski definition) is 3. The molecule has 3 heterocycles. The first-order valence-corrected chi connectivity index (χ1v) is 14.4. The Kier molecular flexibility index (Phi) is 6.26. The Bertz CT molecular complexity index is 1770. The molecule has 1 fully saturated rings. The smallest absolute Gasteiger partial charge is 0.335 e. The lowest BCUT2D eigenvalue weighted by Gasteiger charge is -2.24. The Morgan fingerprint density at radius 1 is 0.900 bits per heavy atom. The van der Waals surface area contributed by atoms with Crippen molar-refractivity contribution in [1.82, 2.24) is 9.55 Å². The van der Waals surface area contributed by atoms with Crippen molar-refractivity contribution in [2.45, 2.75) is 57.4 Å². The second-order valence-corrected chi connectivity index (χ2v) is 11.2. The highest BCUT2D eigenvalue weighted by Gasteiger charge is 2.29. The molecule has 0 atom stereocenters. The summed E-state index contributed by atoms with van der Waals surface area (Å²) in [4.78, 5) is 16.8. The number of rotatable bonds is 3. The van der Waals surface area contributed by atoms with Gasteiger partial charge in [-0.2, -0.15) is 0 Å². The minimum absolute atomic E-state index is 0.280. The Labute approximate surface area is 232 Å². The highest BCUT2D eigenvalue weighted by Crippen LogP contribution is 2.47. The highest BCUT2D eigenvalue weighted by molar-refractivity contribution is 6.04. The normalized spacial score (nSPS) is 16.0. The van der Waals surface area contributed by atoms with Crippen molar-refractivity contribution in [1.29, 1.82) is 0 Å². The number of hydrogen-bond donors (Lipinski definition) is 2. The van der Waals surface area contributed by atoms with Crippen molar-refractivity contribution in [2.75, 3.05) is 11.9 Å². The minimum atomic E-state index is -0.899. The van der Waals surface area contributed by atoms with Gasteiger partial charge < -0.3 is 15.0 Å². The topological polar surface area (TPSA) is 67.2 Å². The molecular formula is C34H32FN3O2. The Morgan fingerprint density at radius 2 is 1.73 bits per heavy atom. The van der Waals surface area contributed by atoms with Crippen LogP contribution >= 0.6 is 0 Å². The standard InChI is InChI=1S/C34H32FN3O2/c35-27-11-5-4-10-23(27)28-16-14-24-29(37-28)17-15-26-32(24)36-18-6-7-19-38-30-20-22(34(39)40)12-13-25(30)31(33(26)38)21-8-2-1-3-9-21/h4-5,10-17,20-21,36H,1-3,6-9,18-19H2,(H,39,40). The third kappa shape index (κ3) is 4.14. The van der Waals surface area contributed by atoms with Crippen molar-refractivity contribution in [3.63, 3.8) is 0 Å². The van der Waals surface area contributed by atoms with Crippen LogP contribution in [0.15, 0.2) is 66.7 Å². The number of carboxylic acid groups (broad SMARTS) is 1. The van der Waals surface area contributed by atoms with Crippen molar-refractivity contribution in [2.24, 2.45) is 0 Å². The van der Waals surface area contributed by atoms with Crippen LogP contribution in [0.25, 0.3) is 44.3 Å². The van der Waals surface area contributed by atoms with Gasteiger partial charge in [0.05, 0.1) is 28.2 Å². The summed E-state index contributed by atoms with van der Waals surface area (Å²) < 4.78 is 16.9. The molecule has 1 saturated carbocycles. The summed E-state index contributed by atoms with van der Waals surface area (Å²) in [6.07, 6.45) is 7.99. The summed E-state index contributed by atoms with van der Waals surface area (Å²) in [5.41, 5.74) is 8.00. The highest BCUT2D eigenvalue weighted by atomic mass is 19.1. The number of aromatic carboxylic acids is 1. The predicted molar refractivity (Wildman–Crippen MR) is 159 cm³/mol. The summed E-state index contributed by atoms with van der Waals surface area (Å²) in [7, 11) is 0. The molecule has 1 aliphatic carbocycles. The molecule has 2 N–H and O–H groups in total. The van der Waals surface area contributed by atoms with Gasteiger partial charge in [0.1, 0.15) is 5.82 Å². The first-order chi connectivity index (χ1) is 19.6. The molecule has 2 aromatic heterocycles. The molecule has 0 radical (unpaired) electrons. The van der Waals surface area contributed by atoms with E-state index in [-0.39, 0.29) is 5.82 Å². The van der Waals surface area contributed by atoms with Gasteiger partial charge in [0.2, 0.25) is 0 Å². The number of anilines is 1. The average Bonchev–Trinajstić information content (AvgIpc) is 3.34. The van der Waals surface area contributed by atoms with E-state index in [1.54, 1.807) is 18.2 Å². The fraction of sp³-hybridized carbons (Fsp3) is 0.294. The molecule has 7 rings (SSSR count). The van der Waals surface area contributed by atoms with E-state index in [1.165, 1.54) is 42.0 Å². The Balaban J connectivity index is 1.49. The fourth-order valence-electron chi connectivity index (χ4n) is 6.86. The van der Waals surface area contributed by atoms with Crippen molar-refractivity contribution in [3.8, 4) is 22.5 Å². The van der Waals surface area contributed by atoms with E-state index >= 15 is 0 Å². The summed E-state index contributed by atoms with van der Waals surface area (Å²) in [6, 6.07) is 20.6. The van der Waals surface area contributed by atoms with Gasteiger partial charge in [-0.3, -0.25) is 0 Å². The van der Waals surface area contributed by atoms with Crippen LogP contribution in [0.1, 0.15) is 66.8 Å². The zero-order valence-electron chi connectivity index (χ0n) is 22.4. The maximum atomic E-state index is 14.6. The molecule has 1 aliphatic heterocycles. The van der Waals surface area contributed by atoms with Crippen LogP contribution in [0.2, 0.25) is 0 Å². The molecule has 0 saturated heterocycles. The number of benzene rings is 3. The van der Waals surface area contributed by atoms with Crippen LogP contribution in [0.4, 0.5) is 10.1 Å². The van der Waals surface area contributed by atoms with Gasteiger partial charge in [-0.1, -0.05) is 37.5 Å². The monoisotopic (exact) mass is 533 g/mol. The number of nitrogens with zero attached hydrogens (tertiary/aromatic N) is 2. The molecule has 0 amide bonds. The lowest BCUT2D eigenvalue weighted by Crippen LogP contribution is -2.08. The largest absolute Gasteiger partial charge is 0.478 e. The molecule has 2 aliphatic rings. The molecule has 3 aromatic carbocycles. The van der Waals surface area contributed by atoms with E-state index in [9.17, 15) is 14.3 Å². The first kappa shape index (κ1) is 24.8. The number of nitrogens with one attached hydrogen (secondary N) is 1. The van der Waals surface area contributed by atoms with E-state index in [2.05, 4.69) is 22.0 Å². The average molecular weight is 534 g/mol. The maximum Gasteiger partial charge on any atom is 0.335 e. The van der Waals surface area contributed by atoms with Gasteiger partial charge in [0, 0.05) is 40.5 Å². The van der Waals surface area contributed by atoms with Crippen LogP contribution in [-0.2, 0) is 6.54 Å². The van der Waals surface area contributed by atoms with Gasteiger partial charge in [0.25, 0.3) is 0 Å². The quantitative estimate of drug-likeness (QED) is 0.244. The molecule has 0 bridgehead atoms. The summed E-state index contributed by atoms with van der Waals surface area (Å²) >= 11 is 0. The number of carboxylic acids is 1. The molecule has 6 heteroatoms. The lowest BCUT2D eigenvalue weighted by atomic mass is 9.81. The molecule has 5 aromatic rings. The van der Waals surface area contributed by atoms with Crippen molar-refractivity contribution in [3.05, 3.63) is 83.7 Å². The van der Waals surface area contributed by atoms with Gasteiger partial charge in [0.15, 0.2) is 0 Å². The number of fused-ring (bicyclic) bond motifs is 7. The second-order valence-electron chi connectivity index (χ2n) is 11.2. The van der Waals surface area contributed by atoms with Crippen LogP contribution < -0.4 is 5.32 Å². The lowest BCUT2D eigenvalue weighted by molar-refractivity contribution is 0.0697. The van der Waals surface area contributed by atoms with Gasteiger partial charge in [-0.05, 0) is 85.7 Å². The SMILES string of the molecule is O=C(O)c1ccc2c(C3CCCCC3)c3n(c2c1)CCCCNc1c-3ccc2nc(-c3ccccc3F)ccc12. The predicted octanol–water partition coefficient (Wildman–Crippen LogP) is 8.61. The molecule has 0 unspecified atom stereocenters. The van der Waals surface area contributed by atoms with E-state index in [0.29, 0.717) is 22.7 Å². The maximum absolute atomic E-state index is 14.6. The van der Waals surface area contributed by atoms with Crippen LogP contribution in [0, 0.1) is 5.82 Å². The molecule has 5 nitrogen and oxygen atoms in total. The van der Waals surface area contributed by atoms with Gasteiger partial charge in [-0.25, -0.2) is 14.2 Å². The summed E-state index contributed by atoms with van der Waals surface area (Å²) in [5, 5.41) is 15.7. The van der Waals surface area contributed by atoms with Crippen LogP contribution in [0.5, 0.6) is 0 Å². The molecule has 40 heavy (non-hydrogen) atoms. The number of aromatic nitrogens is 2. The molecule has 0 spiro atoms. The van der Waals surface area contributed by atoms with Crippen LogP contribution in [0.3, 0.4) is 0 Å². The zero-order chi connectivity index (χ0) is 27.2. The Morgan fingerprint density at radius 3 is 2.55 bits per heavy atom. The number of halogens is 1. The summed E-state index contributed by atoms with van der Waals surface area (Å²) in [6.45, 7) is 1.67. The van der Waals surface area contributed by atoms with E-state index in [0.717, 1.165) is 66.4 Å². The third-order valence-corrected chi connectivity index (χ3v) is 8.75. The van der Waals surface area contributed by atoms with E-state index in [4.69, 9.17) is 4.98 Å². The number of pyridine rings is 1.